The summed E-state index contributed by atoms with van der Waals surface area (Å²) in [6.45, 7) is 5.26. The third kappa shape index (κ3) is 3.70. The van der Waals surface area contributed by atoms with E-state index in [1.54, 1.807) is 12.1 Å². The standard InChI is InChI=1S/C13H19BrN2O2S/c1-10-4-3-7-16(9-10)19(17,18)15-12-6-5-11(2)13(14)8-12/h5-6,8,10,15H,3-4,7,9H2,1-2H3. The maximum atomic E-state index is 12.3. The van der Waals surface area contributed by atoms with Gasteiger partial charge in [0.1, 0.15) is 0 Å². The van der Waals surface area contributed by atoms with Crippen LogP contribution in [-0.2, 0) is 10.2 Å². The van der Waals surface area contributed by atoms with Crippen molar-refractivity contribution in [3.63, 3.8) is 0 Å². The van der Waals surface area contributed by atoms with Gasteiger partial charge in [0.25, 0.3) is 0 Å². The Morgan fingerprint density at radius 3 is 2.79 bits per heavy atom. The summed E-state index contributed by atoms with van der Waals surface area (Å²) in [5.41, 5.74) is 1.67. The highest BCUT2D eigenvalue weighted by atomic mass is 79.9. The van der Waals surface area contributed by atoms with E-state index in [0.717, 1.165) is 22.9 Å². The van der Waals surface area contributed by atoms with Crippen molar-refractivity contribution in [3.8, 4) is 0 Å². The van der Waals surface area contributed by atoms with E-state index in [-0.39, 0.29) is 0 Å². The van der Waals surface area contributed by atoms with Gasteiger partial charge in [-0.05, 0) is 43.4 Å². The van der Waals surface area contributed by atoms with Gasteiger partial charge in [-0.2, -0.15) is 12.7 Å². The molecule has 1 aromatic carbocycles. The predicted molar refractivity (Wildman–Crippen MR) is 81.4 cm³/mol. The van der Waals surface area contributed by atoms with E-state index in [2.05, 4.69) is 27.6 Å². The number of hydrogen-bond donors (Lipinski definition) is 1. The van der Waals surface area contributed by atoms with E-state index in [1.807, 2.05) is 13.0 Å². The van der Waals surface area contributed by atoms with Crippen LogP contribution in [0.15, 0.2) is 22.7 Å². The van der Waals surface area contributed by atoms with Gasteiger partial charge in [-0.25, -0.2) is 0 Å². The molecule has 19 heavy (non-hydrogen) atoms. The Bertz CT molecular complexity index is 560. The number of benzene rings is 1. The molecule has 0 aromatic heterocycles. The summed E-state index contributed by atoms with van der Waals surface area (Å²) in [7, 11) is -3.44. The monoisotopic (exact) mass is 346 g/mol. The number of anilines is 1. The number of halogens is 1. The molecule has 0 saturated carbocycles. The molecule has 1 N–H and O–H groups in total. The second-order valence-corrected chi connectivity index (χ2v) is 7.70. The van der Waals surface area contributed by atoms with Crippen LogP contribution in [0.4, 0.5) is 5.69 Å². The molecule has 0 spiro atoms. The largest absolute Gasteiger partial charge is 0.301 e. The molecule has 1 fully saturated rings. The van der Waals surface area contributed by atoms with Gasteiger partial charge in [0.15, 0.2) is 0 Å². The number of aryl methyl sites for hydroxylation is 1. The van der Waals surface area contributed by atoms with Crippen LogP contribution >= 0.6 is 15.9 Å². The summed E-state index contributed by atoms with van der Waals surface area (Å²) in [4.78, 5) is 0. The first-order chi connectivity index (χ1) is 8.88. The van der Waals surface area contributed by atoms with Crippen molar-refractivity contribution in [2.45, 2.75) is 26.7 Å². The van der Waals surface area contributed by atoms with Gasteiger partial charge in [0, 0.05) is 17.6 Å². The lowest BCUT2D eigenvalue weighted by Crippen LogP contribution is -2.42. The highest BCUT2D eigenvalue weighted by Gasteiger charge is 2.26. The number of piperidine rings is 1. The topological polar surface area (TPSA) is 49.4 Å². The van der Waals surface area contributed by atoms with Gasteiger partial charge < -0.3 is 0 Å². The van der Waals surface area contributed by atoms with Gasteiger partial charge in [-0.3, -0.25) is 4.72 Å². The molecule has 0 radical (unpaired) electrons. The minimum atomic E-state index is -3.44. The number of hydrogen-bond acceptors (Lipinski definition) is 2. The summed E-state index contributed by atoms with van der Waals surface area (Å²) in [6.07, 6.45) is 2.03. The van der Waals surface area contributed by atoms with Crippen LogP contribution in [0, 0.1) is 12.8 Å². The molecule has 4 nitrogen and oxygen atoms in total. The third-order valence-corrected chi connectivity index (χ3v) is 5.74. The van der Waals surface area contributed by atoms with Crippen molar-refractivity contribution in [1.82, 2.24) is 4.31 Å². The van der Waals surface area contributed by atoms with Gasteiger partial charge in [-0.1, -0.05) is 28.9 Å². The Kier molecular flexibility index (Phi) is 4.53. The molecule has 6 heteroatoms. The smallest absolute Gasteiger partial charge is 0.271 e. The molecule has 0 amide bonds. The van der Waals surface area contributed by atoms with Crippen molar-refractivity contribution < 1.29 is 8.42 Å². The molecule has 0 aliphatic carbocycles. The molecule has 1 heterocycles. The molecule has 1 aliphatic heterocycles. The summed E-state index contributed by atoms with van der Waals surface area (Å²) in [5.74, 6) is 0.426. The minimum Gasteiger partial charge on any atom is -0.271 e. The Balaban J connectivity index is 2.14. The van der Waals surface area contributed by atoms with Crippen LogP contribution in [0.25, 0.3) is 0 Å². The van der Waals surface area contributed by atoms with Crippen LogP contribution < -0.4 is 4.72 Å². The molecular formula is C13H19BrN2O2S. The van der Waals surface area contributed by atoms with Crippen molar-refractivity contribution in [2.75, 3.05) is 17.8 Å². The average Bonchev–Trinajstić information content (AvgIpc) is 2.33. The molecule has 1 atom stereocenters. The average molecular weight is 347 g/mol. The van der Waals surface area contributed by atoms with E-state index >= 15 is 0 Å². The van der Waals surface area contributed by atoms with Crippen molar-refractivity contribution in [1.29, 1.82) is 0 Å². The fraction of sp³-hybridized carbons (Fsp3) is 0.538. The Morgan fingerprint density at radius 2 is 2.16 bits per heavy atom. The van der Waals surface area contributed by atoms with E-state index < -0.39 is 10.2 Å². The zero-order valence-corrected chi connectivity index (χ0v) is 13.6. The lowest BCUT2D eigenvalue weighted by atomic mass is 10.0. The second kappa shape index (κ2) is 5.81. The van der Waals surface area contributed by atoms with Crippen LogP contribution in [0.2, 0.25) is 0 Å². The van der Waals surface area contributed by atoms with Gasteiger partial charge in [0.05, 0.1) is 5.69 Å². The SMILES string of the molecule is Cc1ccc(NS(=O)(=O)N2CCCC(C)C2)cc1Br. The first kappa shape index (κ1) is 14.8. The highest BCUT2D eigenvalue weighted by molar-refractivity contribution is 9.10. The second-order valence-electron chi connectivity index (χ2n) is 5.18. The van der Waals surface area contributed by atoms with Crippen molar-refractivity contribution in [2.24, 2.45) is 5.92 Å². The molecule has 2 rings (SSSR count). The first-order valence-corrected chi connectivity index (χ1v) is 8.66. The molecule has 1 unspecified atom stereocenters. The highest BCUT2D eigenvalue weighted by Crippen LogP contribution is 2.23. The number of nitrogens with one attached hydrogen (secondary N) is 1. The van der Waals surface area contributed by atoms with Gasteiger partial charge in [0.2, 0.25) is 0 Å². The van der Waals surface area contributed by atoms with E-state index in [4.69, 9.17) is 0 Å². The molecule has 106 valence electrons. The fourth-order valence-corrected chi connectivity index (χ4v) is 3.99. The lowest BCUT2D eigenvalue weighted by molar-refractivity contribution is 0.282. The maximum Gasteiger partial charge on any atom is 0.301 e. The van der Waals surface area contributed by atoms with Gasteiger partial charge >= 0.3 is 10.2 Å². The van der Waals surface area contributed by atoms with E-state index in [9.17, 15) is 8.42 Å². The predicted octanol–water partition coefficient (Wildman–Crippen LogP) is 3.15. The van der Waals surface area contributed by atoms with Crippen molar-refractivity contribution >= 4 is 31.8 Å². The zero-order valence-electron chi connectivity index (χ0n) is 11.2. The molecule has 1 aromatic rings. The first-order valence-electron chi connectivity index (χ1n) is 6.42. The zero-order chi connectivity index (χ0) is 14.0. The Morgan fingerprint density at radius 1 is 1.42 bits per heavy atom. The number of nitrogens with zero attached hydrogens (tertiary/aromatic N) is 1. The molecule has 1 saturated heterocycles. The van der Waals surface area contributed by atoms with Crippen LogP contribution in [0.3, 0.4) is 0 Å². The minimum absolute atomic E-state index is 0.426. The quantitative estimate of drug-likeness (QED) is 0.913. The molecular weight excluding hydrogens is 328 g/mol. The fourth-order valence-electron chi connectivity index (χ4n) is 2.23. The van der Waals surface area contributed by atoms with Crippen LogP contribution in [0.5, 0.6) is 0 Å². The number of rotatable bonds is 3. The van der Waals surface area contributed by atoms with Gasteiger partial charge in [-0.15, -0.1) is 0 Å². The summed E-state index contributed by atoms with van der Waals surface area (Å²) in [6, 6.07) is 5.46. The molecule has 0 bridgehead atoms. The lowest BCUT2D eigenvalue weighted by Gasteiger charge is -2.30. The Hall–Kier alpha value is -0.590. The van der Waals surface area contributed by atoms with Crippen LogP contribution in [0.1, 0.15) is 25.3 Å². The summed E-state index contributed by atoms with van der Waals surface area (Å²) < 4.78 is 29.7. The third-order valence-electron chi connectivity index (χ3n) is 3.38. The van der Waals surface area contributed by atoms with Crippen LogP contribution in [-0.4, -0.2) is 25.8 Å². The van der Waals surface area contributed by atoms with E-state index in [1.165, 1.54) is 4.31 Å². The normalized spacial score (nSPS) is 21.3. The molecule has 1 aliphatic rings. The van der Waals surface area contributed by atoms with E-state index in [0.29, 0.717) is 24.7 Å². The summed E-state index contributed by atoms with van der Waals surface area (Å²) in [5, 5.41) is 0. The summed E-state index contributed by atoms with van der Waals surface area (Å²) >= 11 is 3.41. The maximum absolute atomic E-state index is 12.3. The Labute approximate surface area is 123 Å². The van der Waals surface area contributed by atoms with Crippen molar-refractivity contribution in [3.05, 3.63) is 28.2 Å².